The lowest BCUT2D eigenvalue weighted by atomic mass is 10.00. The summed E-state index contributed by atoms with van der Waals surface area (Å²) >= 11 is 0. The normalized spacial score (nSPS) is 18.8. The zero-order valence-electron chi connectivity index (χ0n) is 13.1. The summed E-state index contributed by atoms with van der Waals surface area (Å²) in [5.41, 5.74) is 5.16. The second-order valence-electron chi connectivity index (χ2n) is 5.48. The van der Waals surface area contributed by atoms with E-state index >= 15 is 0 Å². The van der Waals surface area contributed by atoms with Crippen LogP contribution >= 0.6 is 0 Å². The molecule has 1 N–H and O–H groups in total. The lowest BCUT2D eigenvalue weighted by molar-refractivity contribution is 0.122. The number of anilines is 2. The van der Waals surface area contributed by atoms with Gasteiger partial charge >= 0.3 is 0 Å². The van der Waals surface area contributed by atoms with Crippen LogP contribution in [-0.4, -0.2) is 42.5 Å². The topological polar surface area (TPSA) is 62.6 Å². The zero-order valence-corrected chi connectivity index (χ0v) is 13.1. The lowest BCUT2D eigenvalue weighted by Gasteiger charge is -2.27. The lowest BCUT2D eigenvalue weighted by Crippen LogP contribution is -2.37. The van der Waals surface area contributed by atoms with Gasteiger partial charge in [0.1, 0.15) is 0 Å². The van der Waals surface area contributed by atoms with E-state index in [9.17, 15) is 4.39 Å². The van der Waals surface area contributed by atoms with Crippen LogP contribution in [0, 0.1) is 5.82 Å². The third kappa shape index (κ3) is 3.92. The first-order valence-electron chi connectivity index (χ1n) is 7.74. The van der Waals surface area contributed by atoms with Crippen molar-refractivity contribution in [1.82, 2.24) is 9.97 Å². The third-order valence-corrected chi connectivity index (χ3v) is 3.88. The van der Waals surface area contributed by atoms with Gasteiger partial charge < -0.3 is 9.64 Å². The van der Waals surface area contributed by atoms with Crippen molar-refractivity contribution in [3.8, 4) is 0 Å². The molecule has 23 heavy (non-hydrogen) atoms. The number of ether oxygens (including phenoxy) is 1. The van der Waals surface area contributed by atoms with Crippen molar-refractivity contribution in [3.63, 3.8) is 0 Å². The van der Waals surface area contributed by atoms with E-state index in [1.165, 1.54) is 17.3 Å². The van der Waals surface area contributed by atoms with E-state index in [1.54, 1.807) is 6.21 Å². The number of morpholine rings is 1. The van der Waals surface area contributed by atoms with Gasteiger partial charge in [0, 0.05) is 13.1 Å². The summed E-state index contributed by atoms with van der Waals surface area (Å²) in [6.07, 6.45) is 9.18. The third-order valence-electron chi connectivity index (χ3n) is 3.88. The number of hydrogen-bond donors (Lipinski definition) is 1. The second-order valence-corrected chi connectivity index (χ2v) is 5.48. The van der Waals surface area contributed by atoms with E-state index in [0.29, 0.717) is 26.3 Å². The molecule has 1 aromatic rings. The fraction of sp³-hybridized carbons (Fsp3) is 0.438. The van der Waals surface area contributed by atoms with Crippen molar-refractivity contribution in [2.24, 2.45) is 5.10 Å². The molecule has 0 spiro atoms. The molecular formula is C16H20FN5O. The van der Waals surface area contributed by atoms with Crippen molar-refractivity contribution in [2.45, 2.75) is 19.8 Å². The Balaban J connectivity index is 1.69. The van der Waals surface area contributed by atoms with Crippen LogP contribution < -0.4 is 10.3 Å². The van der Waals surface area contributed by atoms with Crippen LogP contribution in [0.1, 0.15) is 19.8 Å². The number of halogens is 1. The molecule has 2 heterocycles. The number of aromatic nitrogens is 2. The fourth-order valence-electron chi connectivity index (χ4n) is 2.55. The average Bonchev–Trinajstić information content (AvgIpc) is 2.59. The highest BCUT2D eigenvalue weighted by Crippen LogP contribution is 2.19. The van der Waals surface area contributed by atoms with Gasteiger partial charge in [-0.3, -0.25) is 0 Å². The second kappa shape index (κ2) is 7.32. The quantitative estimate of drug-likeness (QED) is 0.683. The van der Waals surface area contributed by atoms with Gasteiger partial charge in [0.15, 0.2) is 11.6 Å². The summed E-state index contributed by atoms with van der Waals surface area (Å²) in [5, 5.41) is 4.17. The Morgan fingerprint density at radius 3 is 3.00 bits per heavy atom. The van der Waals surface area contributed by atoms with E-state index in [-0.39, 0.29) is 11.8 Å². The summed E-state index contributed by atoms with van der Waals surface area (Å²) in [6.45, 7) is 4.45. The molecule has 0 bridgehead atoms. The van der Waals surface area contributed by atoms with Crippen molar-refractivity contribution in [1.29, 1.82) is 0 Å². The molecule has 0 radical (unpaired) electrons. The van der Waals surface area contributed by atoms with Crippen molar-refractivity contribution < 1.29 is 9.13 Å². The first-order valence-corrected chi connectivity index (χ1v) is 7.74. The van der Waals surface area contributed by atoms with Gasteiger partial charge in [-0.15, -0.1) is 0 Å². The Labute approximate surface area is 134 Å². The van der Waals surface area contributed by atoms with Gasteiger partial charge in [0.05, 0.1) is 25.6 Å². The number of rotatable bonds is 4. The average molecular weight is 317 g/mol. The van der Waals surface area contributed by atoms with E-state index in [2.05, 4.69) is 39.6 Å². The fourth-order valence-corrected chi connectivity index (χ4v) is 2.55. The molecule has 0 amide bonds. The van der Waals surface area contributed by atoms with Gasteiger partial charge in [-0.25, -0.2) is 14.8 Å². The van der Waals surface area contributed by atoms with Crippen LogP contribution in [0.5, 0.6) is 0 Å². The van der Waals surface area contributed by atoms with Crippen LogP contribution in [0.3, 0.4) is 0 Å². The molecule has 1 saturated heterocycles. The van der Waals surface area contributed by atoms with Crippen LogP contribution in [0.15, 0.2) is 34.6 Å². The Kier molecular flexibility index (Phi) is 4.97. The summed E-state index contributed by atoms with van der Waals surface area (Å²) in [7, 11) is 0. The van der Waals surface area contributed by atoms with E-state index in [1.807, 2.05) is 4.90 Å². The summed E-state index contributed by atoms with van der Waals surface area (Å²) < 4.78 is 19.2. The number of hydrazone groups is 1. The van der Waals surface area contributed by atoms with Crippen molar-refractivity contribution in [2.75, 3.05) is 36.6 Å². The minimum absolute atomic E-state index is 0.286. The number of hydrogen-bond acceptors (Lipinski definition) is 6. The molecular weight excluding hydrogens is 297 g/mol. The summed E-state index contributed by atoms with van der Waals surface area (Å²) in [5.74, 6) is 0.142. The minimum Gasteiger partial charge on any atom is -0.378 e. The molecule has 6 nitrogen and oxygen atoms in total. The Bertz CT molecular complexity index is 650. The molecule has 1 aliphatic carbocycles. The Morgan fingerprint density at radius 2 is 2.22 bits per heavy atom. The molecule has 3 rings (SSSR count). The largest absolute Gasteiger partial charge is 0.378 e. The summed E-state index contributed by atoms with van der Waals surface area (Å²) in [6, 6.07) is 0. The van der Waals surface area contributed by atoms with Crippen molar-refractivity contribution in [3.05, 3.63) is 35.3 Å². The highest BCUT2D eigenvalue weighted by Gasteiger charge is 2.17. The maximum absolute atomic E-state index is 13.9. The molecule has 0 atom stereocenters. The monoisotopic (exact) mass is 317 g/mol. The van der Waals surface area contributed by atoms with Gasteiger partial charge in [-0.05, 0) is 30.9 Å². The van der Waals surface area contributed by atoms with Crippen LogP contribution in [-0.2, 0) is 4.74 Å². The van der Waals surface area contributed by atoms with E-state index < -0.39 is 5.82 Å². The van der Waals surface area contributed by atoms with Crippen molar-refractivity contribution >= 4 is 18.0 Å². The van der Waals surface area contributed by atoms with Gasteiger partial charge in [-0.1, -0.05) is 12.2 Å². The smallest absolute Gasteiger partial charge is 0.245 e. The van der Waals surface area contributed by atoms with E-state index in [0.717, 1.165) is 12.8 Å². The number of nitrogens with zero attached hydrogens (tertiary/aromatic N) is 4. The Hall–Kier alpha value is -2.28. The van der Waals surface area contributed by atoms with Crippen LogP contribution in [0.4, 0.5) is 16.2 Å². The molecule has 1 aromatic heterocycles. The molecule has 122 valence electrons. The molecule has 0 saturated carbocycles. The number of nitrogens with one attached hydrogen (secondary N) is 1. The molecule has 0 aromatic carbocycles. The highest BCUT2D eigenvalue weighted by molar-refractivity contribution is 5.81. The maximum atomic E-state index is 13.9. The predicted octanol–water partition coefficient (Wildman–Crippen LogP) is 2.52. The predicted molar refractivity (Wildman–Crippen MR) is 88.2 cm³/mol. The molecule has 7 heteroatoms. The number of allylic oxidation sites excluding steroid dienone is 4. The van der Waals surface area contributed by atoms with Crippen LogP contribution in [0.25, 0.3) is 0 Å². The summed E-state index contributed by atoms with van der Waals surface area (Å²) in [4.78, 5) is 10.0. The maximum Gasteiger partial charge on any atom is 0.245 e. The molecule has 0 unspecified atom stereocenters. The molecule has 1 aliphatic heterocycles. The first kappa shape index (κ1) is 15.6. The van der Waals surface area contributed by atoms with E-state index in [4.69, 9.17) is 4.74 Å². The SMILES string of the molecule is CC1=C(/C=N\Nc2ncc(F)c(N3CCOCC3)n2)CCC=C1. The standard InChI is InChI=1S/C16H20FN5O/c1-12-4-2-3-5-13(12)10-19-21-16-18-11-14(17)15(20-16)22-6-8-23-9-7-22/h2,4,10-11H,3,5-9H2,1H3,(H,18,20,21)/b19-10-. The Morgan fingerprint density at radius 1 is 1.39 bits per heavy atom. The van der Waals surface area contributed by atoms with Crippen LogP contribution in [0.2, 0.25) is 0 Å². The first-order chi connectivity index (χ1) is 11.2. The van der Waals surface area contributed by atoms with Gasteiger partial charge in [0.25, 0.3) is 0 Å². The van der Waals surface area contributed by atoms with Gasteiger partial charge in [0.2, 0.25) is 5.95 Å². The molecule has 2 aliphatic rings. The minimum atomic E-state index is -0.433. The van der Waals surface area contributed by atoms with Gasteiger partial charge in [-0.2, -0.15) is 10.1 Å². The zero-order chi connectivity index (χ0) is 16.1. The highest BCUT2D eigenvalue weighted by atomic mass is 19.1. The molecule has 1 fully saturated rings.